The molecule has 2 unspecified atom stereocenters. The van der Waals surface area contributed by atoms with Crippen LogP contribution in [-0.2, 0) is 14.3 Å². The molecule has 5 rings (SSSR count). The van der Waals surface area contributed by atoms with Gasteiger partial charge in [0.2, 0.25) is 11.8 Å². The molecule has 4 fully saturated rings. The van der Waals surface area contributed by atoms with Crippen LogP contribution >= 0.6 is 23.2 Å². The van der Waals surface area contributed by atoms with Crippen molar-refractivity contribution >= 4 is 41.1 Å². The Hall–Kier alpha value is -1.99. The summed E-state index contributed by atoms with van der Waals surface area (Å²) < 4.78 is 5.62. The second-order valence-corrected chi connectivity index (χ2v) is 12.7. The molecule has 1 aromatic rings. The molecule has 2 saturated heterocycles. The minimum Gasteiger partial charge on any atom is -0.449 e. The normalized spacial score (nSPS) is 28.7. The molecule has 0 N–H and O–H groups in total. The molecule has 202 valence electrons. The zero-order valence-electron chi connectivity index (χ0n) is 21.9. The van der Waals surface area contributed by atoms with Gasteiger partial charge in [-0.2, -0.15) is 0 Å². The zero-order chi connectivity index (χ0) is 26.5. The summed E-state index contributed by atoms with van der Waals surface area (Å²) in [6, 6.07) is 5.29. The molecule has 4 aliphatic rings. The summed E-state index contributed by atoms with van der Waals surface area (Å²) in [5.41, 5.74) is 0.770. The fraction of sp³-hybridized carbons (Fsp3) is 0.679. The van der Waals surface area contributed by atoms with E-state index >= 15 is 0 Å². The maximum atomic E-state index is 13.6. The third-order valence-corrected chi connectivity index (χ3v) is 9.84. The first-order valence-corrected chi connectivity index (χ1v) is 14.3. The van der Waals surface area contributed by atoms with Gasteiger partial charge in [0.25, 0.3) is 0 Å². The summed E-state index contributed by atoms with van der Waals surface area (Å²) >= 11 is 12.5. The van der Waals surface area contributed by atoms with Crippen LogP contribution in [-0.4, -0.2) is 78.5 Å². The van der Waals surface area contributed by atoms with Crippen LogP contribution in [0.5, 0.6) is 0 Å². The molecule has 0 bridgehead atoms. The van der Waals surface area contributed by atoms with Crippen LogP contribution in [0, 0.1) is 23.2 Å². The minimum absolute atomic E-state index is 0.103. The van der Waals surface area contributed by atoms with Gasteiger partial charge in [-0.3, -0.25) is 9.59 Å². The van der Waals surface area contributed by atoms with Gasteiger partial charge in [0.1, 0.15) is 0 Å². The lowest BCUT2D eigenvalue weighted by Crippen LogP contribution is -2.46. The Balaban J connectivity index is 1.26. The van der Waals surface area contributed by atoms with Gasteiger partial charge in [0.05, 0.1) is 22.7 Å². The third-order valence-electron chi connectivity index (χ3n) is 9.10. The first kappa shape index (κ1) is 26.6. The molecule has 2 heterocycles. The number of likely N-dealkylation sites (tertiary alicyclic amines) is 2. The second kappa shape index (κ2) is 10.3. The lowest BCUT2D eigenvalue weighted by Gasteiger charge is -2.34. The van der Waals surface area contributed by atoms with E-state index in [0.717, 1.165) is 24.8 Å². The summed E-state index contributed by atoms with van der Waals surface area (Å²) in [5.74, 6) is 1.18. The van der Waals surface area contributed by atoms with Crippen LogP contribution in [0.25, 0.3) is 0 Å². The molecule has 2 aliphatic carbocycles. The maximum absolute atomic E-state index is 13.6. The molecule has 7 nitrogen and oxygen atoms in total. The van der Waals surface area contributed by atoms with Crippen molar-refractivity contribution in [3.05, 3.63) is 33.8 Å². The average Bonchev–Trinajstić information content (AvgIpc) is 3.77. The Kier molecular flexibility index (Phi) is 7.40. The van der Waals surface area contributed by atoms with Crippen molar-refractivity contribution in [3.8, 4) is 0 Å². The molecule has 0 aromatic heterocycles. The van der Waals surface area contributed by atoms with Gasteiger partial charge in [-0.15, -0.1) is 0 Å². The largest absolute Gasteiger partial charge is 0.449 e. The monoisotopic (exact) mass is 549 g/mol. The van der Waals surface area contributed by atoms with E-state index in [2.05, 4.69) is 6.92 Å². The predicted molar refractivity (Wildman–Crippen MR) is 143 cm³/mol. The molecule has 0 radical (unpaired) electrons. The number of ether oxygens (including phenoxy) is 1. The van der Waals surface area contributed by atoms with Crippen molar-refractivity contribution in [3.63, 3.8) is 0 Å². The molecular formula is C28H37Cl2N3O4. The summed E-state index contributed by atoms with van der Waals surface area (Å²) in [4.78, 5) is 44.8. The topological polar surface area (TPSA) is 70.2 Å². The molecule has 2 aliphatic heterocycles. The Labute approximate surface area is 229 Å². The summed E-state index contributed by atoms with van der Waals surface area (Å²) in [5, 5.41) is 0.928. The van der Waals surface area contributed by atoms with Gasteiger partial charge in [-0.05, 0) is 61.6 Å². The Morgan fingerprint density at radius 2 is 1.76 bits per heavy atom. The third kappa shape index (κ3) is 5.58. The van der Waals surface area contributed by atoms with Gasteiger partial charge in [0.15, 0.2) is 0 Å². The number of piperidine rings is 1. The molecule has 3 amide bonds. The summed E-state index contributed by atoms with van der Waals surface area (Å²) in [7, 11) is 1.75. The maximum Gasteiger partial charge on any atom is 0.409 e. The first-order chi connectivity index (χ1) is 17.6. The first-order valence-electron chi connectivity index (χ1n) is 13.5. The molecule has 1 aromatic carbocycles. The van der Waals surface area contributed by atoms with Crippen LogP contribution in [0.3, 0.4) is 0 Å². The standard InChI is InChI=1S/C28H37Cl2N3O4/c1-17-12-20(17)16-37-27(36)31(3)24-15-33(14-21(24)19-4-5-22(29)23(30)13-19)25(34)18-6-10-32(11-7-18)26(35)28(2)8-9-28/h4-5,13,17-18,20-21,24H,6-12,14-16H2,1-3H3/t17?,20?,21-,24+/m1/s1. The summed E-state index contributed by atoms with van der Waals surface area (Å²) in [6.07, 6.45) is 4.02. The molecule has 0 spiro atoms. The molecular weight excluding hydrogens is 513 g/mol. The van der Waals surface area contributed by atoms with E-state index in [0.29, 0.717) is 67.5 Å². The van der Waals surface area contributed by atoms with Crippen molar-refractivity contribution < 1.29 is 19.1 Å². The average molecular weight is 551 g/mol. The smallest absolute Gasteiger partial charge is 0.409 e. The number of rotatable bonds is 6. The van der Waals surface area contributed by atoms with E-state index in [4.69, 9.17) is 27.9 Å². The lowest BCUT2D eigenvalue weighted by atomic mass is 9.93. The van der Waals surface area contributed by atoms with Crippen molar-refractivity contribution in [2.45, 2.75) is 57.9 Å². The minimum atomic E-state index is -0.358. The highest BCUT2D eigenvalue weighted by atomic mass is 35.5. The van der Waals surface area contributed by atoms with Crippen LogP contribution < -0.4 is 0 Å². The molecule has 4 atom stereocenters. The van der Waals surface area contributed by atoms with Crippen LogP contribution in [0.2, 0.25) is 10.0 Å². The summed E-state index contributed by atoms with van der Waals surface area (Å²) in [6.45, 7) is 6.83. The number of nitrogens with zero attached hydrogens (tertiary/aromatic N) is 3. The van der Waals surface area contributed by atoms with Gasteiger partial charge in [-0.25, -0.2) is 4.79 Å². The molecule has 37 heavy (non-hydrogen) atoms. The van der Waals surface area contributed by atoms with E-state index < -0.39 is 0 Å². The number of carbonyl (C=O) groups excluding carboxylic acids is 3. The number of amides is 3. The van der Waals surface area contributed by atoms with E-state index in [1.54, 1.807) is 18.0 Å². The van der Waals surface area contributed by atoms with Crippen molar-refractivity contribution in [1.82, 2.24) is 14.7 Å². The Morgan fingerprint density at radius 1 is 1.08 bits per heavy atom. The van der Waals surface area contributed by atoms with E-state index in [9.17, 15) is 14.4 Å². The number of carbonyl (C=O) groups is 3. The molecule has 9 heteroatoms. The Morgan fingerprint density at radius 3 is 2.35 bits per heavy atom. The number of halogens is 2. The quantitative estimate of drug-likeness (QED) is 0.497. The van der Waals surface area contributed by atoms with E-state index in [1.807, 2.05) is 28.9 Å². The highest BCUT2D eigenvalue weighted by molar-refractivity contribution is 6.42. The van der Waals surface area contributed by atoms with E-state index in [1.165, 1.54) is 0 Å². The highest BCUT2D eigenvalue weighted by Crippen LogP contribution is 2.47. The SMILES string of the molecule is CC1CC1COC(=O)N(C)[C@H]1CN(C(=O)C2CCN(C(=O)C3(C)CC3)CC2)C[C@@H]1c1ccc(Cl)c(Cl)c1. The van der Waals surface area contributed by atoms with E-state index in [-0.39, 0.29) is 41.2 Å². The van der Waals surface area contributed by atoms with Gasteiger partial charge in [0, 0.05) is 50.5 Å². The number of hydrogen-bond acceptors (Lipinski definition) is 4. The van der Waals surface area contributed by atoms with Gasteiger partial charge >= 0.3 is 6.09 Å². The highest BCUT2D eigenvalue weighted by Gasteiger charge is 2.48. The number of benzene rings is 1. The van der Waals surface area contributed by atoms with Crippen molar-refractivity contribution in [1.29, 1.82) is 0 Å². The molecule has 2 saturated carbocycles. The fourth-order valence-electron chi connectivity index (χ4n) is 5.85. The zero-order valence-corrected chi connectivity index (χ0v) is 23.4. The lowest BCUT2D eigenvalue weighted by molar-refractivity contribution is -0.142. The van der Waals surface area contributed by atoms with Crippen molar-refractivity contribution in [2.75, 3.05) is 39.8 Å². The predicted octanol–water partition coefficient (Wildman–Crippen LogP) is 5.05. The second-order valence-electron chi connectivity index (χ2n) is 11.9. The number of hydrogen-bond donors (Lipinski definition) is 0. The van der Waals surface area contributed by atoms with Crippen LogP contribution in [0.15, 0.2) is 18.2 Å². The van der Waals surface area contributed by atoms with Crippen molar-refractivity contribution in [2.24, 2.45) is 23.2 Å². The van der Waals surface area contributed by atoms with Crippen LogP contribution in [0.4, 0.5) is 4.79 Å². The Bertz CT molecular complexity index is 1070. The number of likely N-dealkylation sites (N-methyl/N-ethyl adjacent to an activating group) is 1. The van der Waals surface area contributed by atoms with Gasteiger partial charge < -0.3 is 19.4 Å². The van der Waals surface area contributed by atoms with Gasteiger partial charge in [-0.1, -0.05) is 43.1 Å². The van der Waals surface area contributed by atoms with Crippen LogP contribution in [0.1, 0.15) is 57.4 Å². The fourth-order valence-corrected chi connectivity index (χ4v) is 6.15.